The number of nitrogens with zero attached hydrogens (tertiary/aromatic N) is 2. The zero-order chi connectivity index (χ0) is 23.7. The molecule has 1 aliphatic rings. The van der Waals surface area contributed by atoms with E-state index in [1.165, 1.54) is 12.1 Å². The molecule has 176 valence electrons. The lowest BCUT2D eigenvalue weighted by molar-refractivity contribution is -0.290. The second kappa shape index (κ2) is 8.73. The number of alkyl halides is 5. The topological polar surface area (TPSA) is 137 Å². The molecule has 9 nitrogen and oxygen atoms in total. The molecule has 2 aromatic rings. The quantitative estimate of drug-likeness (QED) is 0.530. The Morgan fingerprint density at radius 2 is 1.84 bits per heavy atom. The average molecular weight is 484 g/mol. The zero-order valence-corrected chi connectivity index (χ0v) is 16.8. The molecule has 2 heterocycles. The van der Waals surface area contributed by atoms with Crippen LogP contribution in [0.3, 0.4) is 0 Å². The molecule has 0 radical (unpaired) electrons. The van der Waals surface area contributed by atoms with Crippen LogP contribution in [0.25, 0.3) is 0 Å². The first kappa shape index (κ1) is 24.0. The highest BCUT2D eigenvalue weighted by Gasteiger charge is 2.61. The summed E-state index contributed by atoms with van der Waals surface area (Å²) in [5, 5.41) is 17.5. The monoisotopic (exact) mass is 484 g/mol. The number of nitrogens with one attached hydrogen (secondary N) is 1. The van der Waals surface area contributed by atoms with E-state index in [1.807, 2.05) is 0 Å². The van der Waals surface area contributed by atoms with Crippen molar-refractivity contribution >= 4 is 21.7 Å². The second-order valence-electron chi connectivity index (χ2n) is 6.77. The molecule has 2 atom stereocenters. The minimum Gasteiger partial charge on any atom is -0.469 e. The normalized spacial score (nSPS) is 20.1. The van der Waals surface area contributed by atoms with Gasteiger partial charge >= 0.3 is 12.1 Å². The number of hydrogen-bond donors (Lipinski definition) is 3. The Morgan fingerprint density at radius 1 is 1.19 bits per heavy atom. The summed E-state index contributed by atoms with van der Waals surface area (Å²) in [7, 11) is -3.96. The van der Waals surface area contributed by atoms with Crippen molar-refractivity contribution in [2.75, 3.05) is 18.5 Å². The van der Waals surface area contributed by atoms with Gasteiger partial charge in [0, 0.05) is 24.9 Å². The first-order chi connectivity index (χ1) is 14.8. The van der Waals surface area contributed by atoms with Crippen LogP contribution in [0.2, 0.25) is 0 Å². The van der Waals surface area contributed by atoms with E-state index in [0.29, 0.717) is 0 Å². The molecule has 1 aliphatic heterocycles. The summed E-state index contributed by atoms with van der Waals surface area (Å²) >= 11 is 0. The van der Waals surface area contributed by atoms with Crippen molar-refractivity contribution in [2.24, 2.45) is 5.14 Å². The van der Waals surface area contributed by atoms with Crippen LogP contribution in [0.4, 0.5) is 33.6 Å². The van der Waals surface area contributed by atoms with Gasteiger partial charge in [0.25, 0.3) is 0 Å². The number of aromatic nitrogens is 2. The molecule has 3 rings (SSSR count). The van der Waals surface area contributed by atoms with Crippen LogP contribution in [0.15, 0.2) is 35.4 Å². The minimum absolute atomic E-state index is 0.0856. The van der Waals surface area contributed by atoms with Crippen LogP contribution in [0.1, 0.15) is 12.0 Å². The SMILES string of the molecule is NS(=O)(=O)c1ccc(Nc2ncc(C(F)(F)C(F)(F)F)c(OC3COCCC3O)n2)cc1. The lowest BCUT2D eigenvalue weighted by Crippen LogP contribution is -2.42. The molecule has 0 saturated carbocycles. The Bertz CT molecular complexity index is 1070. The van der Waals surface area contributed by atoms with Crippen molar-refractivity contribution in [2.45, 2.75) is 35.6 Å². The summed E-state index contributed by atoms with van der Waals surface area (Å²) in [6.45, 7) is -0.0856. The maximum absolute atomic E-state index is 14.0. The first-order valence-corrected chi connectivity index (χ1v) is 10.5. The number of benzene rings is 1. The van der Waals surface area contributed by atoms with Gasteiger partial charge in [-0.05, 0) is 24.3 Å². The average Bonchev–Trinajstić information content (AvgIpc) is 2.69. The number of ether oxygens (including phenoxy) is 2. The molecule has 1 aromatic heterocycles. The standard InChI is InChI=1S/C17H17F5N4O5S/c18-16(19,17(20,21)22)11-7-24-15(25-9-1-3-10(4-2-9)32(23,28)29)26-14(11)31-13-8-30-6-5-12(13)27/h1-4,7,12-13,27H,5-6,8H2,(H2,23,28,29)(H,24,25,26). The molecular formula is C17H17F5N4O5S. The Morgan fingerprint density at radius 3 is 2.41 bits per heavy atom. The smallest absolute Gasteiger partial charge is 0.458 e. The van der Waals surface area contributed by atoms with Gasteiger partial charge in [-0.15, -0.1) is 0 Å². The van der Waals surface area contributed by atoms with Gasteiger partial charge in [-0.25, -0.2) is 18.5 Å². The van der Waals surface area contributed by atoms with Gasteiger partial charge in [-0.2, -0.15) is 26.9 Å². The molecular weight excluding hydrogens is 467 g/mol. The third kappa shape index (κ3) is 5.23. The number of hydrogen-bond acceptors (Lipinski definition) is 8. The number of rotatable bonds is 6. The molecule has 32 heavy (non-hydrogen) atoms. The number of halogens is 5. The van der Waals surface area contributed by atoms with Crippen molar-refractivity contribution < 1.29 is 45.0 Å². The summed E-state index contributed by atoms with van der Waals surface area (Å²) in [5.74, 6) is -6.85. The molecule has 4 N–H and O–H groups in total. The highest BCUT2D eigenvalue weighted by Crippen LogP contribution is 2.46. The van der Waals surface area contributed by atoms with E-state index in [4.69, 9.17) is 14.6 Å². The van der Waals surface area contributed by atoms with Gasteiger partial charge in [0.2, 0.25) is 21.9 Å². The molecule has 0 aliphatic carbocycles. The summed E-state index contributed by atoms with van der Waals surface area (Å²) in [4.78, 5) is 6.88. The highest BCUT2D eigenvalue weighted by molar-refractivity contribution is 7.89. The zero-order valence-electron chi connectivity index (χ0n) is 16.0. The van der Waals surface area contributed by atoms with Crippen molar-refractivity contribution in [3.63, 3.8) is 0 Å². The summed E-state index contributed by atoms with van der Waals surface area (Å²) in [6.07, 6.45) is -8.01. The van der Waals surface area contributed by atoms with E-state index in [9.17, 15) is 35.5 Å². The molecule has 0 bridgehead atoms. The van der Waals surface area contributed by atoms with Gasteiger partial charge in [0.15, 0.2) is 0 Å². The predicted octanol–water partition coefficient (Wildman–Crippen LogP) is 2.05. The number of anilines is 2. The van der Waals surface area contributed by atoms with Crippen LogP contribution in [0.5, 0.6) is 5.88 Å². The Labute approximate surface area is 178 Å². The molecule has 0 amide bonds. The maximum Gasteiger partial charge on any atom is 0.458 e. The molecule has 1 fully saturated rings. The highest BCUT2D eigenvalue weighted by atomic mass is 32.2. The Hall–Kier alpha value is -2.62. The Kier molecular flexibility index (Phi) is 6.55. The Balaban J connectivity index is 1.95. The first-order valence-electron chi connectivity index (χ1n) is 8.93. The van der Waals surface area contributed by atoms with Crippen molar-refractivity contribution in [3.8, 4) is 5.88 Å². The molecule has 1 aromatic carbocycles. The fourth-order valence-corrected chi connectivity index (χ4v) is 3.21. The number of aliphatic hydroxyl groups excluding tert-OH is 1. The number of nitrogens with two attached hydrogens (primary N) is 1. The number of aliphatic hydroxyl groups is 1. The van der Waals surface area contributed by atoms with E-state index < -0.39 is 51.7 Å². The van der Waals surface area contributed by atoms with Crippen LogP contribution in [-0.4, -0.2) is 55.1 Å². The lowest BCUT2D eigenvalue weighted by Gasteiger charge is -2.29. The maximum atomic E-state index is 14.0. The van der Waals surface area contributed by atoms with Gasteiger partial charge in [-0.3, -0.25) is 0 Å². The van der Waals surface area contributed by atoms with Gasteiger partial charge in [0.05, 0.1) is 17.6 Å². The number of primary sulfonamides is 1. The van der Waals surface area contributed by atoms with Crippen LogP contribution in [0, 0.1) is 0 Å². The predicted molar refractivity (Wildman–Crippen MR) is 98.9 cm³/mol. The van der Waals surface area contributed by atoms with Crippen molar-refractivity contribution in [1.82, 2.24) is 9.97 Å². The van der Waals surface area contributed by atoms with Crippen molar-refractivity contribution in [1.29, 1.82) is 0 Å². The lowest BCUT2D eigenvalue weighted by atomic mass is 10.1. The van der Waals surface area contributed by atoms with Crippen LogP contribution in [-0.2, 0) is 20.7 Å². The fraction of sp³-hybridized carbons (Fsp3) is 0.412. The second-order valence-corrected chi connectivity index (χ2v) is 8.33. The van der Waals surface area contributed by atoms with E-state index in [-0.39, 0.29) is 36.4 Å². The van der Waals surface area contributed by atoms with Gasteiger partial charge in [0.1, 0.15) is 11.7 Å². The van der Waals surface area contributed by atoms with Crippen molar-refractivity contribution in [3.05, 3.63) is 36.0 Å². The number of sulfonamides is 1. The third-order valence-corrected chi connectivity index (χ3v) is 5.35. The largest absolute Gasteiger partial charge is 0.469 e. The van der Waals surface area contributed by atoms with E-state index in [0.717, 1.165) is 12.1 Å². The summed E-state index contributed by atoms with van der Waals surface area (Å²) < 4.78 is 99.7. The van der Waals surface area contributed by atoms with Crippen LogP contribution < -0.4 is 15.2 Å². The molecule has 15 heteroatoms. The minimum atomic E-state index is -5.95. The third-order valence-electron chi connectivity index (χ3n) is 4.42. The summed E-state index contributed by atoms with van der Waals surface area (Å²) in [6, 6.07) is 4.77. The van der Waals surface area contributed by atoms with Gasteiger partial charge < -0.3 is 19.9 Å². The molecule has 0 spiro atoms. The summed E-state index contributed by atoms with van der Waals surface area (Å²) in [5.41, 5.74) is -1.46. The molecule has 2 unspecified atom stereocenters. The van der Waals surface area contributed by atoms with Crippen LogP contribution >= 0.6 is 0 Å². The fourth-order valence-electron chi connectivity index (χ4n) is 2.70. The van der Waals surface area contributed by atoms with E-state index in [2.05, 4.69) is 15.3 Å². The molecule has 1 saturated heterocycles. The van der Waals surface area contributed by atoms with Gasteiger partial charge in [-0.1, -0.05) is 0 Å². The van der Waals surface area contributed by atoms with E-state index in [1.54, 1.807) is 0 Å². The van der Waals surface area contributed by atoms with E-state index >= 15 is 0 Å².